The molecule has 1 fully saturated rings. The summed E-state index contributed by atoms with van der Waals surface area (Å²) in [6, 6.07) is 8.80. The number of aromatic nitrogens is 1. The first kappa shape index (κ1) is 19.7. The summed E-state index contributed by atoms with van der Waals surface area (Å²) in [4.78, 5) is 12.0. The van der Waals surface area contributed by atoms with Crippen molar-refractivity contribution in [3.8, 4) is 0 Å². The van der Waals surface area contributed by atoms with Crippen LogP contribution in [0.5, 0.6) is 0 Å². The number of nitrogens with one attached hydrogen (secondary N) is 1. The molecule has 0 saturated heterocycles. The molecule has 1 aliphatic rings. The molecule has 0 bridgehead atoms. The molecule has 27 heavy (non-hydrogen) atoms. The van der Waals surface area contributed by atoms with E-state index in [2.05, 4.69) is 42.8 Å². The topological polar surface area (TPSA) is 54.3 Å². The predicted molar refractivity (Wildman–Crippen MR) is 109 cm³/mol. The molecule has 1 saturated carbocycles. The Kier molecular flexibility index (Phi) is 6.05. The van der Waals surface area contributed by atoms with Gasteiger partial charge in [0.05, 0.1) is 5.56 Å². The van der Waals surface area contributed by atoms with Gasteiger partial charge in [-0.25, -0.2) is 4.79 Å². The molecule has 146 valence electrons. The van der Waals surface area contributed by atoms with Crippen LogP contribution in [-0.2, 0) is 13.1 Å². The minimum absolute atomic E-state index is 0.469. The number of benzene rings is 1. The fraction of sp³-hybridized carbons (Fsp3) is 0.522. The number of nitrogens with zero attached hydrogens (tertiary/aromatic N) is 1. The lowest BCUT2D eigenvalue weighted by Gasteiger charge is -2.29. The summed E-state index contributed by atoms with van der Waals surface area (Å²) >= 11 is 0. The van der Waals surface area contributed by atoms with Gasteiger partial charge in [-0.1, -0.05) is 44.0 Å². The summed E-state index contributed by atoms with van der Waals surface area (Å²) < 4.78 is 2.16. The summed E-state index contributed by atoms with van der Waals surface area (Å²) in [6.07, 6.45) is 5.02. The van der Waals surface area contributed by atoms with Gasteiger partial charge in [-0.2, -0.15) is 0 Å². The Morgan fingerprint density at radius 1 is 1.15 bits per heavy atom. The largest absolute Gasteiger partial charge is 0.478 e. The van der Waals surface area contributed by atoms with E-state index in [1.807, 2.05) is 19.1 Å². The third-order valence-electron chi connectivity index (χ3n) is 6.37. The molecule has 1 heterocycles. The Morgan fingerprint density at radius 3 is 2.52 bits per heavy atom. The molecule has 1 aromatic heterocycles. The molecular weight excluding hydrogens is 336 g/mol. The number of aryl methyl sites for hydroxylation is 1. The van der Waals surface area contributed by atoms with Gasteiger partial charge < -0.3 is 15.0 Å². The molecule has 0 radical (unpaired) electrons. The highest BCUT2D eigenvalue weighted by atomic mass is 16.4. The van der Waals surface area contributed by atoms with Gasteiger partial charge in [-0.05, 0) is 50.7 Å². The maximum Gasteiger partial charge on any atom is 0.337 e. The van der Waals surface area contributed by atoms with Crippen LogP contribution < -0.4 is 5.32 Å². The average molecular weight is 369 g/mol. The fourth-order valence-corrected chi connectivity index (χ4v) is 4.50. The zero-order valence-corrected chi connectivity index (χ0v) is 17.0. The lowest BCUT2D eigenvalue weighted by atomic mass is 9.86. The monoisotopic (exact) mass is 368 g/mol. The van der Waals surface area contributed by atoms with Crippen molar-refractivity contribution in [2.75, 3.05) is 0 Å². The van der Waals surface area contributed by atoms with Crippen LogP contribution in [0, 0.1) is 26.7 Å². The number of hydrogen-bond acceptors (Lipinski definition) is 2. The Bertz CT molecular complexity index is 822. The van der Waals surface area contributed by atoms with Gasteiger partial charge in [0.1, 0.15) is 0 Å². The predicted octanol–water partition coefficient (Wildman–Crippen LogP) is 4.83. The van der Waals surface area contributed by atoms with Crippen LogP contribution in [0.15, 0.2) is 24.3 Å². The van der Waals surface area contributed by atoms with Crippen molar-refractivity contribution in [3.63, 3.8) is 0 Å². The Morgan fingerprint density at radius 2 is 1.85 bits per heavy atom. The van der Waals surface area contributed by atoms with Crippen LogP contribution in [0.1, 0.15) is 71.0 Å². The molecule has 1 aliphatic carbocycles. The first-order valence-electron chi connectivity index (χ1n) is 10.1. The summed E-state index contributed by atoms with van der Waals surface area (Å²) in [7, 11) is 0. The summed E-state index contributed by atoms with van der Waals surface area (Å²) in [5.41, 5.74) is 5.78. The standard InChI is InChI=1S/C23H32N2O2/c1-15-9-5-7-11-19(15)14-25-17(3)20(22(18(25)4)23(26)27)13-24-21-12-8-6-10-16(21)2/h5,7,9,11,16,21,24H,6,8,10,12-14H2,1-4H3,(H,26,27). The van der Waals surface area contributed by atoms with E-state index in [9.17, 15) is 9.90 Å². The minimum atomic E-state index is -0.826. The highest BCUT2D eigenvalue weighted by Crippen LogP contribution is 2.27. The SMILES string of the molecule is Cc1ccccc1Cn1c(C)c(CNC2CCCCC2C)c(C(=O)O)c1C. The molecular formula is C23H32N2O2. The lowest BCUT2D eigenvalue weighted by Crippen LogP contribution is -2.37. The normalized spacial score (nSPS) is 20.0. The Hall–Kier alpha value is -2.07. The van der Waals surface area contributed by atoms with Gasteiger partial charge in [-0.3, -0.25) is 0 Å². The molecule has 2 atom stereocenters. The van der Waals surface area contributed by atoms with Gasteiger partial charge in [-0.15, -0.1) is 0 Å². The second-order valence-corrected chi connectivity index (χ2v) is 8.09. The highest BCUT2D eigenvalue weighted by molar-refractivity contribution is 5.91. The van der Waals surface area contributed by atoms with Crippen molar-refractivity contribution in [3.05, 3.63) is 57.9 Å². The number of carbonyl (C=O) groups is 1. The first-order valence-corrected chi connectivity index (χ1v) is 10.1. The van der Waals surface area contributed by atoms with Crippen LogP contribution in [0.4, 0.5) is 0 Å². The lowest BCUT2D eigenvalue weighted by molar-refractivity contribution is 0.0694. The third kappa shape index (κ3) is 4.11. The van der Waals surface area contributed by atoms with E-state index in [-0.39, 0.29) is 0 Å². The summed E-state index contributed by atoms with van der Waals surface area (Å²) in [6.45, 7) is 9.74. The molecule has 2 N–H and O–H groups in total. The molecule has 0 aliphatic heterocycles. The number of carboxylic acid groups (broad SMARTS) is 1. The molecule has 1 aromatic carbocycles. The number of aromatic carboxylic acids is 1. The van der Waals surface area contributed by atoms with Crippen molar-refractivity contribution >= 4 is 5.97 Å². The van der Waals surface area contributed by atoms with E-state index in [1.54, 1.807) is 0 Å². The van der Waals surface area contributed by atoms with Crippen molar-refractivity contribution in [1.29, 1.82) is 0 Å². The number of rotatable bonds is 6. The zero-order chi connectivity index (χ0) is 19.6. The van der Waals surface area contributed by atoms with E-state index in [4.69, 9.17) is 0 Å². The fourth-order valence-electron chi connectivity index (χ4n) is 4.50. The van der Waals surface area contributed by atoms with Crippen LogP contribution in [0.25, 0.3) is 0 Å². The van der Waals surface area contributed by atoms with Crippen molar-refractivity contribution in [2.45, 2.75) is 72.5 Å². The van der Waals surface area contributed by atoms with Crippen LogP contribution in [0.3, 0.4) is 0 Å². The van der Waals surface area contributed by atoms with Gasteiger partial charge in [0, 0.05) is 36.1 Å². The molecule has 0 spiro atoms. The van der Waals surface area contributed by atoms with Gasteiger partial charge in [0.2, 0.25) is 0 Å². The zero-order valence-electron chi connectivity index (χ0n) is 17.0. The van der Waals surface area contributed by atoms with Crippen molar-refractivity contribution < 1.29 is 9.90 Å². The van der Waals surface area contributed by atoms with Crippen LogP contribution >= 0.6 is 0 Å². The van der Waals surface area contributed by atoms with Gasteiger partial charge in [0.25, 0.3) is 0 Å². The Labute approximate surface area is 162 Å². The first-order chi connectivity index (χ1) is 12.9. The van der Waals surface area contributed by atoms with E-state index >= 15 is 0 Å². The maximum atomic E-state index is 12.0. The van der Waals surface area contributed by atoms with E-state index in [0.29, 0.717) is 30.6 Å². The van der Waals surface area contributed by atoms with Crippen molar-refractivity contribution in [2.24, 2.45) is 5.92 Å². The molecule has 0 amide bonds. The van der Waals surface area contributed by atoms with E-state index in [1.165, 1.54) is 36.8 Å². The molecule has 4 nitrogen and oxygen atoms in total. The van der Waals surface area contributed by atoms with Crippen LogP contribution in [-0.4, -0.2) is 21.7 Å². The minimum Gasteiger partial charge on any atom is -0.478 e. The smallest absolute Gasteiger partial charge is 0.337 e. The molecule has 2 unspecified atom stereocenters. The third-order valence-corrected chi connectivity index (χ3v) is 6.37. The van der Waals surface area contributed by atoms with Crippen molar-refractivity contribution in [1.82, 2.24) is 9.88 Å². The van der Waals surface area contributed by atoms with Gasteiger partial charge in [0.15, 0.2) is 0 Å². The van der Waals surface area contributed by atoms with Crippen LogP contribution in [0.2, 0.25) is 0 Å². The molecule has 4 heteroatoms. The quantitative estimate of drug-likeness (QED) is 0.768. The molecule has 2 aromatic rings. The summed E-state index contributed by atoms with van der Waals surface area (Å²) in [5.74, 6) is -0.171. The Balaban J connectivity index is 1.89. The second kappa shape index (κ2) is 8.30. The van der Waals surface area contributed by atoms with Gasteiger partial charge >= 0.3 is 5.97 Å². The second-order valence-electron chi connectivity index (χ2n) is 8.09. The highest BCUT2D eigenvalue weighted by Gasteiger charge is 2.25. The maximum absolute atomic E-state index is 12.0. The number of hydrogen-bond donors (Lipinski definition) is 2. The molecule has 3 rings (SSSR count). The number of carboxylic acids is 1. The average Bonchev–Trinajstić information content (AvgIpc) is 2.87. The van der Waals surface area contributed by atoms with E-state index in [0.717, 1.165) is 17.0 Å². The summed E-state index contributed by atoms with van der Waals surface area (Å²) in [5, 5.41) is 13.5. The van der Waals surface area contributed by atoms with E-state index < -0.39 is 5.97 Å².